The highest BCUT2D eigenvalue weighted by molar-refractivity contribution is 4.96. The normalized spacial score (nSPS) is 27.6. The molecule has 1 rings (SSSR count). The number of nitrogens with two attached hydrogens (primary N) is 1. The number of hydrogen-bond acceptors (Lipinski definition) is 3. The largest absolute Gasteiger partial charge is 0.308 e. The van der Waals surface area contributed by atoms with Crippen LogP contribution in [0.25, 0.3) is 0 Å². The van der Waals surface area contributed by atoms with Gasteiger partial charge in [0.2, 0.25) is 0 Å². The maximum atomic E-state index is 8.85. The lowest BCUT2D eigenvalue weighted by molar-refractivity contribution is 0.198. The van der Waals surface area contributed by atoms with Gasteiger partial charge in [-0.2, -0.15) is 5.26 Å². The van der Waals surface area contributed by atoms with Gasteiger partial charge in [-0.3, -0.25) is 4.90 Å². The van der Waals surface area contributed by atoms with Gasteiger partial charge in [-0.15, -0.1) is 0 Å². The third kappa shape index (κ3) is 2.35. The van der Waals surface area contributed by atoms with Gasteiger partial charge in [-0.05, 0) is 25.7 Å². The molecule has 3 nitrogen and oxygen atoms in total. The first-order chi connectivity index (χ1) is 6.23. The van der Waals surface area contributed by atoms with Gasteiger partial charge in [-0.1, -0.05) is 19.8 Å². The summed E-state index contributed by atoms with van der Waals surface area (Å²) < 4.78 is 0. The van der Waals surface area contributed by atoms with Crippen molar-refractivity contribution in [3.63, 3.8) is 0 Å². The summed E-state index contributed by atoms with van der Waals surface area (Å²) in [5.74, 6) is 0. The fraction of sp³-hybridized carbons (Fsp3) is 0.900. The lowest BCUT2D eigenvalue weighted by Crippen LogP contribution is -2.49. The Morgan fingerprint density at radius 3 is 2.92 bits per heavy atom. The summed E-state index contributed by atoms with van der Waals surface area (Å²) in [6, 6.07) is 0. The van der Waals surface area contributed by atoms with E-state index in [1.807, 2.05) is 0 Å². The van der Waals surface area contributed by atoms with Crippen molar-refractivity contribution in [2.75, 3.05) is 6.54 Å². The van der Waals surface area contributed by atoms with Crippen LogP contribution in [0.3, 0.4) is 0 Å². The van der Waals surface area contributed by atoms with E-state index in [4.69, 9.17) is 11.0 Å². The van der Waals surface area contributed by atoms with E-state index in [0.29, 0.717) is 0 Å². The summed E-state index contributed by atoms with van der Waals surface area (Å²) >= 11 is 0. The van der Waals surface area contributed by atoms with Gasteiger partial charge in [0.1, 0.15) is 0 Å². The van der Waals surface area contributed by atoms with Crippen molar-refractivity contribution in [2.24, 2.45) is 5.73 Å². The van der Waals surface area contributed by atoms with Crippen molar-refractivity contribution in [2.45, 2.75) is 51.1 Å². The fourth-order valence-electron chi connectivity index (χ4n) is 1.99. The second-order valence-electron chi connectivity index (χ2n) is 3.92. The molecule has 1 aliphatic heterocycles. The summed E-state index contributed by atoms with van der Waals surface area (Å²) in [6.07, 6.45) is 8.77. The molecule has 0 aromatic rings. The Labute approximate surface area is 80.5 Å². The van der Waals surface area contributed by atoms with E-state index >= 15 is 0 Å². The van der Waals surface area contributed by atoms with Crippen molar-refractivity contribution in [3.8, 4) is 6.19 Å². The van der Waals surface area contributed by atoms with E-state index in [9.17, 15) is 0 Å². The SMILES string of the molecule is CCCCCC1(N)CCCN1C#N. The third-order valence-corrected chi connectivity index (χ3v) is 2.86. The number of unbranched alkanes of at least 4 members (excludes halogenated alkanes) is 2. The molecule has 1 saturated heterocycles. The average molecular weight is 181 g/mol. The molecule has 0 saturated carbocycles. The van der Waals surface area contributed by atoms with Crippen molar-refractivity contribution >= 4 is 0 Å². The highest BCUT2D eigenvalue weighted by atomic mass is 15.3. The average Bonchev–Trinajstić information content (AvgIpc) is 2.47. The Morgan fingerprint density at radius 1 is 1.54 bits per heavy atom. The molecule has 0 aromatic heterocycles. The van der Waals surface area contributed by atoms with Gasteiger partial charge in [0.15, 0.2) is 6.19 Å². The fourth-order valence-corrected chi connectivity index (χ4v) is 1.99. The van der Waals surface area contributed by atoms with Gasteiger partial charge in [0.25, 0.3) is 0 Å². The summed E-state index contributed by atoms with van der Waals surface area (Å²) in [7, 11) is 0. The molecule has 1 unspecified atom stereocenters. The van der Waals surface area contributed by atoms with Crippen LogP contribution >= 0.6 is 0 Å². The number of nitrogens with zero attached hydrogens (tertiary/aromatic N) is 2. The van der Waals surface area contributed by atoms with Crippen molar-refractivity contribution in [1.29, 1.82) is 5.26 Å². The van der Waals surface area contributed by atoms with Crippen LogP contribution in [0.1, 0.15) is 45.4 Å². The van der Waals surface area contributed by atoms with Gasteiger partial charge in [0, 0.05) is 6.54 Å². The van der Waals surface area contributed by atoms with Gasteiger partial charge < -0.3 is 5.73 Å². The zero-order valence-corrected chi connectivity index (χ0v) is 8.42. The van der Waals surface area contributed by atoms with Gasteiger partial charge >= 0.3 is 0 Å². The topological polar surface area (TPSA) is 53.0 Å². The number of hydrogen-bond donors (Lipinski definition) is 1. The first-order valence-corrected chi connectivity index (χ1v) is 5.19. The maximum absolute atomic E-state index is 8.85. The van der Waals surface area contributed by atoms with E-state index in [-0.39, 0.29) is 5.66 Å². The Hall–Kier alpha value is -0.750. The zero-order chi connectivity index (χ0) is 9.73. The molecule has 0 amide bonds. The molecule has 0 radical (unpaired) electrons. The van der Waals surface area contributed by atoms with Crippen LogP contribution in [0, 0.1) is 11.5 Å². The predicted octanol–water partition coefficient (Wildman–Crippen LogP) is 1.80. The van der Waals surface area contributed by atoms with Crippen molar-refractivity contribution in [3.05, 3.63) is 0 Å². The molecule has 0 aliphatic carbocycles. The second kappa shape index (κ2) is 4.48. The molecule has 0 bridgehead atoms. The summed E-state index contributed by atoms with van der Waals surface area (Å²) in [5, 5.41) is 8.85. The quantitative estimate of drug-likeness (QED) is 0.531. The second-order valence-corrected chi connectivity index (χ2v) is 3.92. The molecule has 74 valence electrons. The van der Waals surface area contributed by atoms with Crippen LogP contribution < -0.4 is 5.73 Å². The predicted molar refractivity (Wildman–Crippen MR) is 52.6 cm³/mol. The molecule has 1 atom stereocenters. The molecule has 13 heavy (non-hydrogen) atoms. The maximum Gasteiger partial charge on any atom is 0.180 e. The molecule has 2 N–H and O–H groups in total. The number of rotatable bonds is 4. The Balaban J connectivity index is 2.40. The summed E-state index contributed by atoms with van der Waals surface area (Å²) in [4.78, 5) is 1.75. The van der Waals surface area contributed by atoms with E-state index in [1.54, 1.807) is 4.90 Å². The summed E-state index contributed by atoms with van der Waals surface area (Å²) in [5.41, 5.74) is 5.84. The van der Waals surface area contributed by atoms with Crippen molar-refractivity contribution in [1.82, 2.24) is 4.90 Å². The minimum atomic E-state index is -0.316. The van der Waals surface area contributed by atoms with Crippen LogP contribution in [-0.2, 0) is 0 Å². The minimum Gasteiger partial charge on any atom is -0.308 e. The molecule has 0 spiro atoms. The van der Waals surface area contributed by atoms with Crippen LogP contribution in [0.4, 0.5) is 0 Å². The molecule has 0 aromatic carbocycles. The standard InChI is InChI=1S/C10H19N3/c1-2-3-4-6-10(12)7-5-8-13(10)9-11/h2-8,12H2,1H3. The van der Waals surface area contributed by atoms with Gasteiger partial charge in [0.05, 0.1) is 5.66 Å². The zero-order valence-electron chi connectivity index (χ0n) is 8.42. The molecular formula is C10H19N3. The van der Waals surface area contributed by atoms with Crippen LogP contribution in [0.15, 0.2) is 0 Å². The van der Waals surface area contributed by atoms with Crippen LogP contribution in [0.5, 0.6) is 0 Å². The lowest BCUT2D eigenvalue weighted by Gasteiger charge is -2.30. The highest BCUT2D eigenvalue weighted by Crippen LogP contribution is 2.28. The third-order valence-electron chi connectivity index (χ3n) is 2.86. The molecular weight excluding hydrogens is 162 g/mol. The molecule has 1 aliphatic rings. The van der Waals surface area contributed by atoms with E-state index < -0.39 is 0 Å². The monoisotopic (exact) mass is 181 g/mol. The number of nitriles is 1. The van der Waals surface area contributed by atoms with Crippen molar-refractivity contribution < 1.29 is 0 Å². The Kier molecular flexibility index (Phi) is 3.56. The van der Waals surface area contributed by atoms with E-state index in [0.717, 1.165) is 32.2 Å². The summed E-state index contributed by atoms with van der Waals surface area (Å²) in [6.45, 7) is 3.03. The number of likely N-dealkylation sites (tertiary alicyclic amines) is 1. The highest BCUT2D eigenvalue weighted by Gasteiger charge is 2.35. The Bertz CT molecular complexity index is 197. The minimum absolute atomic E-state index is 0.316. The van der Waals surface area contributed by atoms with E-state index in [2.05, 4.69) is 13.1 Å². The first kappa shape index (κ1) is 10.3. The lowest BCUT2D eigenvalue weighted by atomic mass is 10.00. The molecule has 1 fully saturated rings. The van der Waals surface area contributed by atoms with Crippen LogP contribution in [0.2, 0.25) is 0 Å². The first-order valence-electron chi connectivity index (χ1n) is 5.19. The molecule has 1 heterocycles. The molecule has 3 heteroatoms. The van der Waals surface area contributed by atoms with E-state index in [1.165, 1.54) is 12.8 Å². The van der Waals surface area contributed by atoms with Gasteiger partial charge in [-0.25, -0.2) is 0 Å². The van der Waals surface area contributed by atoms with Crippen LogP contribution in [-0.4, -0.2) is 17.1 Å². The Morgan fingerprint density at radius 2 is 2.31 bits per heavy atom. The smallest absolute Gasteiger partial charge is 0.180 e.